The van der Waals surface area contributed by atoms with Gasteiger partial charge in [-0.05, 0) is 13.0 Å². The van der Waals surface area contributed by atoms with Gasteiger partial charge in [-0.25, -0.2) is 4.98 Å². The second-order valence-corrected chi connectivity index (χ2v) is 2.84. The van der Waals surface area contributed by atoms with Crippen LogP contribution in [-0.4, -0.2) is 24.7 Å². The van der Waals surface area contributed by atoms with Gasteiger partial charge in [-0.2, -0.15) is 0 Å². The number of pyridine rings is 1. The van der Waals surface area contributed by atoms with Crippen LogP contribution in [0.15, 0.2) is 6.07 Å². The van der Waals surface area contributed by atoms with Gasteiger partial charge in [0.2, 0.25) is 5.88 Å². The Bertz CT molecular complexity index is 404. The van der Waals surface area contributed by atoms with Gasteiger partial charge in [0.05, 0.1) is 18.4 Å². The van der Waals surface area contributed by atoms with Gasteiger partial charge < -0.3 is 9.47 Å². The van der Waals surface area contributed by atoms with E-state index in [0.717, 1.165) is 6.07 Å². The fourth-order valence-corrected chi connectivity index (χ4v) is 1.06. The van der Waals surface area contributed by atoms with E-state index in [9.17, 15) is 18.0 Å². The minimum Gasteiger partial charge on any atom is -0.480 e. The van der Waals surface area contributed by atoms with Crippen LogP contribution in [0.1, 0.15) is 16.1 Å². The zero-order valence-electron chi connectivity index (χ0n) is 8.46. The van der Waals surface area contributed by atoms with Crippen LogP contribution in [0, 0.1) is 6.92 Å². The van der Waals surface area contributed by atoms with E-state index in [0.29, 0.717) is 6.29 Å². The molecule has 0 amide bonds. The molecule has 0 bridgehead atoms. The van der Waals surface area contributed by atoms with Crippen LogP contribution in [0.2, 0.25) is 0 Å². The Labute approximate surface area is 89.0 Å². The zero-order chi connectivity index (χ0) is 12.3. The van der Waals surface area contributed by atoms with Crippen molar-refractivity contribution in [1.82, 2.24) is 4.98 Å². The number of methoxy groups -OCH3 is 1. The molecule has 0 aliphatic carbocycles. The largest absolute Gasteiger partial charge is 0.573 e. The molecule has 1 rings (SSSR count). The van der Waals surface area contributed by atoms with Crippen molar-refractivity contribution in [3.63, 3.8) is 0 Å². The fourth-order valence-electron chi connectivity index (χ4n) is 1.06. The molecule has 1 heterocycles. The van der Waals surface area contributed by atoms with Crippen LogP contribution in [0.3, 0.4) is 0 Å². The molecule has 0 aliphatic rings. The summed E-state index contributed by atoms with van der Waals surface area (Å²) >= 11 is 0. The molecule has 0 saturated heterocycles. The highest BCUT2D eigenvalue weighted by Gasteiger charge is 2.32. The van der Waals surface area contributed by atoms with Crippen molar-refractivity contribution in [2.45, 2.75) is 13.3 Å². The van der Waals surface area contributed by atoms with E-state index >= 15 is 0 Å². The van der Waals surface area contributed by atoms with Crippen LogP contribution < -0.4 is 9.47 Å². The summed E-state index contributed by atoms with van der Waals surface area (Å²) in [5.74, 6) is -0.558. The van der Waals surface area contributed by atoms with Gasteiger partial charge >= 0.3 is 6.36 Å². The Morgan fingerprint density at radius 2 is 2.06 bits per heavy atom. The molecular formula is C9H8F3NO3. The summed E-state index contributed by atoms with van der Waals surface area (Å²) < 4.78 is 44.3. The number of carbonyl (C=O) groups is 1. The Balaban J connectivity index is 3.16. The fraction of sp³-hybridized carbons (Fsp3) is 0.333. The third kappa shape index (κ3) is 2.85. The molecule has 7 heteroatoms. The number of rotatable bonds is 3. The standard InChI is InChI=1S/C9H8F3NO3/c1-5-7(16-9(10,11)12)3-6(4-14)8(13-5)15-2/h3-4H,1-2H3. The highest BCUT2D eigenvalue weighted by Crippen LogP contribution is 2.28. The molecule has 0 N–H and O–H groups in total. The van der Waals surface area contributed by atoms with E-state index in [1.54, 1.807) is 0 Å². The lowest BCUT2D eigenvalue weighted by Crippen LogP contribution is -2.18. The first-order chi connectivity index (χ1) is 7.37. The maximum absolute atomic E-state index is 12.0. The van der Waals surface area contributed by atoms with Gasteiger partial charge in [-0.15, -0.1) is 13.2 Å². The molecule has 88 valence electrons. The van der Waals surface area contributed by atoms with E-state index in [2.05, 4.69) is 9.72 Å². The lowest BCUT2D eigenvalue weighted by Gasteiger charge is -2.12. The van der Waals surface area contributed by atoms with Crippen molar-refractivity contribution < 1.29 is 27.4 Å². The monoisotopic (exact) mass is 235 g/mol. The third-order valence-electron chi connectivity index (χ3n) is 1.71. The van der Waals surface area contributed by atoms with E-state index in [1.807, 2.05) is 0 Å². The first kappa shape index (κ1) is 12.3. The zero-order valence-corrected chi connectivity index (χ0v) is 8.46. The van der Waals surface area contributed by atoms with Gasteiger partial charge in [-0.1, -0.05) is 0 Å². The van der Waals surface area contributed by atoms with Gasteiger partial charge in [0, 0.05) is 0 Å². The molecule has 0 aliphatic heterocycles. The number of aldehydes is 1. The van der Waals surface area contributed by atoms with E-state index in [-0.39, 0.29) is 17.1 Å². The van der Waals surface area contributed by atoms with Crippen molar-refractivity contribution in [2.24, 2.45) is 0 Å². The van der Waals surface area contributed by atoms with Crippen molar-refractivity contribution in [3.8, 4) is 11.6 Å². The lowest BCUT2D eigenvalue weighted by atomic mass is 10.2. The SMILES string of the molecule is COc1nc(C)c(OC(F)(F)F)cc1C=O. The van der Waals surface area contributed by atoms with Crippen molar-refractivity contribution in [1.29, 1.82) is 0 Å². The van der Waals surface area contributed by atoms with Gasteiger partial charge in [0.15, 0.2) is 12.0 Å². The van der Waals surface area contributed by atoms with Crippen molar-refractivity contribution in [2.75, 3.05) is 7.11 Å². The average molecular weight is 235 g/mol. The summed E-state index contributed by atoms with van der Waals surface area (Å²) in [5, 5.41) is 0. The van der Waals surface area contributed by atoms with Crippen LogP contribution in [0.25, 0.3) is 0 Å². The number of hydrogen-bond acceptors (Lipinski definition) is 4. The molecule has 0 aromatic carbocycles. The van der Waals surface area contributed by atoms with Gasteiger partial charge in [-0.3, -0.25) is 4.79 Å². The van der Waals surface area contributed by atoms with Gasteiger partial charge in [0.25, 0.3) is 0 Å². The first-order valence-corrected chi connectivity index (χ1v) is 4.14. The van der Waals surface area contributed by atoms with E-state index in [4.69, 9.17) is 4.74 Å². The van der Waals surface area contributed by atoms with Crippen LogP contribution in [-0.2, 0) is 0 Å². The van der Waals surface area contributed by atoms with E-state index < -0.39 is 12.1 Å². The molecule has 0 spiro atoms. The summed E-state index contributed by atoms with van der Waals surface area (Å²) in [6.07, 6.45) is -4.48. The molecule has 1 aromatic rings. The highest BCUT2D eigenvalue weighted by molar-refractivity contribution is 5.79. The smallest absolute Gasteiger partial charge is 0.480 e. The van der Waals surface area contributed by atoms with Gasteiger partial charge in [0.1, 0.15) is 0 Å². The Morgan fingerprint density at radius 1 is 1.44 bits per heavy atom. The van der Waals surface area contributed by atoms with Crippen LogP contribution in [0.4, 0.5) is 13.2 Å². The Hall–Kier alpha value is -1.79. The molecule has 0 radical (unpaired) electrons. The van der Waals surface area contributed by atoms with Crippen molar-refractivity contribution in [3.05, 3.63) is 17.3 Å². The summed E-state index contributed by atoms with van der Waals surface area (Å²) in [5.41, 5.74) is -0.118. The minimum absolute atomic E-state index is 0.0141. The minimum atomic E-state index is -4.82. The third-order valence-corrected chi connectivity index (χ3v) is 1.71. The van der Waals surface area contributed by atoms with Crippen LogP contribution >= 0.6 is 0 Å². The summed E-state index contributed by atoms with van der Waals surface area (Å²) in [6.45, 7) is 1.32. The predicted octanol–water partition coefficient (Wildman–Crippen LogP) is 2.11. The quantitative estimate of drug-likeness (QED) is 0.753. The number of halogens is 3. The first-order valence-electron chi connectivity index (χ1n) is 4.14. The van der Waals surface area contributed by atoms with E-state index in [1.165, 1.54) is 14.0 Å². The summed E-state index contributed by atoms with van der Waals surface area (Å²) in [6, 6.07) is 0.932. The molecule has 0 fully saturated rings. The topological polar surface area (TPSA) is 48.4 Å². The average Bonchev–Trinajstić information content (AvgIpc) is 2.18. The second kappa shape index (κ2) is 4.38. The van der Waals surface area contributed by atoms with Crippen LogP contribution in [0.5, 0.6) is 11.6 Å². The molecule has 16 heavy (non-hydrogen) atoms. The molecule has 4 nitrogen and oxygen atoms in total. The maximum Gasteiger partial charge on any atom is 0.573 e. The Kier molecular flexibility index (Phi) is 3.36. The molecule has 0 atom stereocenters. The number of hydrogen-bond donors (Lipinski definition) is 0. The molecule has 1 aromatic heterocycles. The summed E-state index contributed by atoms with van der Waals surface area (Å²) in [4.78, 5) is 14.2. The second-order valence-electron chi connectivity index (χ2n) is 2.84. The predicted molar refractivity (Wildman–Crippen MR) is 47.6 cm³/mol. The number of aryl methyl sites for hydroxylation is 1. The molecule has 0 unspecified atom stereocenters. The Morgan fingerprint density at radius 3 is 2.50 bits per heavy atom. The highest BCUT2D eigenvalue weighted by atomic mass is 19.4. The summed E-state index contributed by atoms with van der Waals surface area (Å²) in [7, 11) is 1.26. The normalized spacial score (nSPS) is 11.1. The van der Waals surface area contributed by atoms with Crippen molar-refractivity contribution >= 4 is 6.29 Å². The number of aromatic nitrogens is 1. The number of carbonyl (C=O) groups excluding carboxylic acids is 1. The molecule has 0 saturated carbocycles. The number of alkyl halides is 3. The molecular weight excluding hydrogens is 227 g/mol. The number of ether oxygens (including phenoxy) is 2. The lowest BCUT2D eigenvalue weighted by molar-refractivity contribution is -0.275. The number of nitrogens with zero attached hydrogens (tertiary/aromatic N) is 1. The maximum atomic E-state index is 12.0.